The fourth-order valence-electron chi connectivity index (χ4n) is 1.93. The van der Waals surface area contributed by atoms with Crippen molar-refractivity contribution in [3.05, 3.63) is 17.9 Å². The number of benzene rings is 1. The number of rotatable bonds is 7. The number of nitrogen functional groups attached to an aromatic ring is 1. The molecule has 0 heterocycles. The first-order valence-corrected chi connectivity index (χ1v) is 6.52. The second-order valence-corrected chi connectivity index (χ2v) is 4.84. The van der Waals surface area contributed by atoms with Crippen LogP contribution in [-0.2, 0) is 0 Å². The van der Waals surface area contributed by atoms with Gasteiger partial charge >= 0.3 is 0 Å². The maximum Gasteiger partial charge on any atom is 0.167 e. The molecule has 19 heavy (non-hydrogen) atoms. The average molecular weight is 269 g/mol. The normalized spacial score (nSPS) is 10.8. The first-order valence-electron chi connectivity index (χ1n) is 6.52. The molecule has 0 amide bonds. The van der Waals surface area contributed by atoms with E-state index in [0.29, 0.717) is 5.69 Å². The summed E-state index contributed by atoms with van der Waals surface area (Å²) in [4.78, 5) is 4.27. The minimum absolute atomic E-state index is 0.232. The van der Waals surface area contributed by atoms with Gasteiger partial charge in [-0.15, -0.1) is 0 Å². The van der Waals surface area contributed by atoms with Crippen LogP contribution in [-0.4, -0.2) is 45.7 Å². The molecule has 1 aromatic rings. The van der Waals surface area contributed by atoms with E-state index < -0.39 is 5.82 Å². The number of methoxy groups -OCH3 is 1. The molecular formula is C14H24FN3O. The lowest BCUT2D eigenvalue weighted by atomic mass is 10.2. The van der Waals surface area contributed by atoms with Crippen LogP contribution in [0.25, 0.3) is 0 Å². The van der Waals surface area contributed by atoms with Crippen molar-refractivity contribution in [3.63, 3.8) is 0 Å². The van der Waals surface area contributed by atoms with Crippen molar-refractivity contribution in [2.45, 2.75) is 13.3 Å². The van der Waals surface area contributed by atoms with Gasteiger partial charge in [0.15, 0.2) is 11.6 Å². The SMILES string of the molecule is CCCN(CCN(C)C)c1cc(OC)c(F)cc1N. The van der Waals surface area contributed by atoms with Crippen LogP contribution in [0, 0.1) is 5.82 Å². The molecule has 0 radical (unpaired) electrons. The summed E-state index contributed by atoms with van der Waals surface area (Å²) < 4.78 is 18.6. The van der Waals surface area contributed by atoms with E-state index in [1.165, 1.54) is 13.2 Å². The van der Waals surface area contributed by atoms with Crippen molar-refractivity contribution in [2.75, 3.05) is 51.5 Å². The lowest BCUT2D eigenvalue weighted by Crippen LogP contribution is -2.32. The van der Waals surface area contributed by atoms with Crippen LogP contribution < -0.4 is 15.4 Å². The van der Waals surface area contributed by atoms with E-state index in [1.54, 1.807) is 6.07 Å². The van der Waals surface area contributed by atoms with Gasteiger partial charge in [-0.25, -0.2) is 4.39 Å². The van der Waals surface area contributed by atoms with Gasteiger partial charge in [-0.2, -0.15) is 0 Å². The van der Waals surface area contributed by atoms with Crippen LogP contribution >= 0.6 is 0 Å². The predicted octanol–water partition coefficient (Wildman–Crippen LogP) is 2.19. The number of nitrogens with zero attached hydrogens (tertiary/aromatic N) is 2. The maximum atomic E-state index is 13.6. The van der Waals surface area contributed by atoms with Crippen molar-refractivity contribution in [1.82, 2.24) is 4.90 Å². The number of hydrogen-bond donors (Lipinski definition) is 1. The number of nitrogens with two attached hydrogens (primary N) is 1. The molecule has 108 valence electrons. The second-order valence-electron chi connectivity index (χ2n) is 4.84. The molecule has 1 aromatic carbocycles. The third-order valence-electron chi connectivity index (χ3n) is 2.95. The zero-order valence-electron chi connectivity index (χ0n) is 12.2. The summed E-state index contributed by atoms with van der Waals surface area (Å²) in [5.74, 6) is -0.192. The molecule has 4 nitrogen and oxygen atoms in total. The molecule has 0 saturated heterocycles. The molecule has 0 bridgehead atoms. The molecule has 0 spiro atoms. The maximum absolute atomic E-state index is 13.6. The zero-order valence-corrected chi connectivity index (χ0v) is 12.2. The molecule has 0 aliphatic carbocycles. The molecule has 0 aliphatic rings. The standard InChI is InChI=1S/C14H24FN3O/c1-5-6-18(8-7-17(2)3)13-10-14(19-4)11(15)9-12(13)16/h9-10H,5-8,16H2,1-4H3. The number of halogens is 1. The fourth-order valence-corrected chi connectivity index (χ4v) is 1.93. The van der Waals surface area contributed by atoms with Gasteiger partial charge in [-0.3, -0.25) is 0 Å². The largest absolute Gasteiger partial charge is 0.494 e. The van der Waals surface area contributed by atoms with E-state index in [1.807, 2.05) is 14.1 Å². The summed E-state index contributed by atoms with van der Waals surface area (Å²) in [6, 6.07) is 3.00. The van der Waals surface area contributed by atoms with Crippen LogP contribution in [0.4, 0.5) is 15.8 Å². The van der Waals surface area contributed by atoms with Gasteiger partial charge in [0.25, 0.3) is 0 Å². The third kappa shape index (κ3) is 4.28. The summed E-state index contributed by atoms with van der Waals surface area (Å²) in [6.45, 7) is 4.76. The molecule has 0 fully saturated rings. The summed E-state index contributed by atoms with van der Waals surface area (Å²) >= 11 is 0. The molecule has 0 unspecified atom stereocenters. The monoisotopic (exact) mass is 269 g/mol. The first-order chi connectivity index (χ1) is 8.99. The highest BCUT2D eigenvalue weighted by Crippen LogP contribution is 2.31. The third-order valence-corrected chi connectivity index (χ3v) is 2.95. The molecular weight excluding hydrogens is 245 g/mol. The Morgan fingerprint density at radius 1 is 1.21 bits per heavy atom. The Kier molecular flexibility index (Phi) is 5.89. The lowest BCUT2D eigenvalue weighted by Gasteiger charge is -2.27. The van der Waals surface area contributed by atoms with E-state index >= 15 is 0 Å². The molecule has 1 rings (SSSR count). The van der Waals surface area contributed by atoms with Crippen LogP contribution in [0.2, 0.25) is 0 Å². The van der Waals surface area contributed by atoms with Crippen molar-refractivity contribution in [3.8, 4) is 5.75 Å². The fraction of sp³-hybridized carbons (Fsp3) is 0.571. The minimum atomic E-state index is -0.423. The average Bonchev–Trinajstić information content (AvgIpc) is 2.35. The van der Waals surface area contributed by atoms with Gasteiger partial charge in [0, 0.05) is 31.8 Å². The Hall–Kier alpha value is -1.49. The van der Waals surface area contributed by atoms with Crippen LogP contribution in [0.15, 0.2) is 12.1 Å². The summed E-state index contributed by atoms with van der Waals surface area (Å²) in [5.41, 5.74) is 7.22. The van der Waals surface area contributed by atoms with Crippen molar-refractivity contribution < 1.29 is 9.13 Å². The highest BCUT2D eigenvalue weighted by Gasteiger charge is 2.14. The van der Waals surface area contributed by atoms with E-state index in [-0.39, 0.29) is 5.75 Å². The Morgan fingerprint density at radius 3 is 2.42 bits per heavy atom. The summed E-state index contributed by atoms with van der Waals surface area (Å²) in [7, 11) is 5.51. The van der Waals surface area contributed by atoms with Crippen LogP contribution in [0.5, 0.6) is 5.75 Å². The molecule has 0 saturated carbocycles. The van der Waals surface area contributed by atoms with Crippen LogP contribution in [0.1, 0.15) is 13.3 Å². The number of anilines is 2. The van der Waals surface area contributed by atoms with E-state index in [9.17, 15) is 4.39 Å². The zero-order chi connectivity index (χ0) is 14.4. The molecule has 0 atom stereocenters. The van der Waals surface area contributed by atoms with Gasteiger partial charge in [-0.1, -0.05) is 6.92 Å². The highest BCUT2D eigenvalue weighted by atomic mass is 19.1. The van der Waals surface area contributed by atoms with Crippen LogP contribution in [0.3, 0.4) is 0 Å². The quantitative estimate of drug-likeness (QED) is 0.771. The van der Waals surface area contributed by atoms with Crippen molar-refractivity contribution in [1.29, 1.82) is 0 Å². The summed E-state index contributed by atoms with van der Waals surface area (Å²) in [6.07, 6.45) is 1.01. The Morgan fingerprint density at radius 2 is 1.89 bits per heavy atom. The number of ether oxygens (including phenoxy) is 1. The topological polar surface area (TPSA) is 41.7 Å². The lowest BCUT2D eigenvalue weighted by molar-refractivity contribution is 0.386. The molecule has 5 heteroatoms. The predicted molar refractivity (Wildman–Crippen MR) is 78.4 cm³/mol. The summed E-state index contributed by atoms with van der Waals surface area (Å²) in [5, 5.41) is 0. The minimum Gasteiger partial charge on any atom is -0.494 e. The highest BCUT2D eigenvalue weighted by molar-refractivity contribution is 5.70. The van der Waals surface area contributed by atoms with Crippen molar-refractivity contribution in [2.24, 2.45) is 0 Å². The Balaban J connectivity index is 3.00. The second kappa shape index (κ2) is 7.19. The first kappa shape index (κ1) is 15.6. The van der Waals surface area contributed by atoms with Gasteiger partial charge in [0.1, 0.15) is 0 Å². The van der Waals surface area contributed by atoms with Crippen molar-refractivity contribution >= 4 is 11.4 Å². The molecule has 0 aromatic heterocycles. The van der Waals surface area contributed by atoms with Gasteiger partial charge < -0.3 is 20.3 Å². The van der Waals surface area contributed by atoms with E-state index in [0.717, 1.165) is 31.7 Å². The molecule has 0 aliphatic heterocycles. The number of hydrogen-bond acceptors (Lipinski definition) is 4. The molecule has 2 N–H and O–H groups in total. The van der Waals surface area contributed by atoms with Gasteiger partial charge in [0.05, 0.1) is 18.5 Å². The van der Waals surface area contributed by atoms with E-state index in [2.05, 4.69) is 16.7 Å². The smallest absolute Gasteiger partial charge is 0.167 e. The number of likely N-dealkylation sites (N-methyl/N-ethyl adjacent to an activating group) is 1. The Bertz CT molecular complexity index is 410. The van der Waals surface area contributed by atoms with Gasteiger partial charge in [-0.05, 0) is 20.5 Å². The van der Waals surface area contributed by atoms with E-state index in [4.69, 9.17) is 10.5 Å². The Labute approximate surface area is 114 Å². The van der Waals surface area contributed by atoms with Gasteiger partial charge in [0.2, 0.25) is 0 Å².